The summed E-state index contributed by atoms with van der Waals surface area (Å²) in [7, 11) is 0. The number of hydrogen-bond donors (Lipinski definition) is 1. The highest BCUT2D eigenvalue weighted by Crippen LogP contribution is 2.17. The quantitative estimate of drug-likeness (QED) is 0.834. The zero-order valence-corrected chi connectivity index (χ0v) is 10.8. The SMILES string of the molecule is CC(C)(C)OC(=O)N1CCC(NCC(F)(F)F)C1. The molecule has 0 aliphatic carbocycles. The molecule has 1 aliphatic rings. The molecule has 0 aromatic rings. The summed E-state index contributed by atoms with van der Waals surface area (Å²) in [4.78, 5) is 13.1. The van der Waals surface area contributed by atoms with Gasteiger partial charge in [-0.15, -0.1) is 0 Å². The average Bonchev–Trinajstić information content (AvgIpc) is 2.58. The van der Waals surface area contributed by atoms with Gasteiger partial charge in [0.15, 0.2) is 0 Å². The number of rotatable bonds is 2. The van der Waals surface area contributed by atoms with Crippen LogP contribution in [-0.4, -0.2) is 48.4 Å². The lowest BCUT2D eigenvalue weighted by atomic mass is 10.2. The summed E-state index contributed by atoms with van der Waals surface area (Å²) in [5.74, 6) is 0. The highest BCUT2D eigenvalue weighted by atomic mass is 19.4. The lowest BCUT2D eigenvalue weighted by molar-refractivity contribution is -0.126. The van der Waals surface area contributed by atoms with Gasteiger partial charge in [-0.1, -0.05) is 0 Å². The standard InChI is InChI=1S/C11H19F3N2O2/c1-10(2,3)18-9(17)16-5-4-8(6-16)15-7-11(12,13)14/h8,15H,4-7H2,1-3H3. The van der Waals surface area contributed by atoms with Gasteiger partial charge in [-0.25, -0.2) is 4.79 Å². The third-order valence-electron chi connectivity index (χ3n) is 2.43. The Morgan fingerprint density at radius 2 is 2.00 bits per heavy atom. The van der Waals surface area contributed by atoms with E-state index in [9.17, 15) is 18.0 Å². The summed E-state index contributed by atoms with van der Waals surface area (Å²) in [6.07, 6.45) is -4.19. The number of hydrogen-bond acceptors (Lipinski definition) is 3. The third-order valence-corrected chi connectivity index (χ3v) is 2.43. The van der Waals surface area contributed by atoms with Crippen molar-refractivity contribution in [2.24, 2.45) is 0 Å². The molecule has 106 valence electrons. The van der Waals surface area contributed by atoms with Crippen molar-refractivity contribution in [2.45, 2.75) is 45.0 Å². The fraction of sp³-hybridized carbons (Fsp3) is 0.909. The van der Waals surface area contributed by atoms with Gasteiger partial charge in [-0.2, -0.15) is 13.2 Å². The molecule has 0 bridgehead atoms. The number of alkyl halides is 3. The molecule has 1 saturated heterocycles. The van der Waals surface area contributed by atoms with Gasteiger partial charge in [0.25, 0.3) is 0 Å². The van der Waals surface area contributed by atoms with Crippen molar-refractivity contribution < 1.29 is 22.7 Å². The van der Waals surface area contributed by atoms with Crippen molar-refractivity contribution in [3.05, 3.63) is 0 Å². The van der Waals surface area contributed by atoms with E-state index in [0.29, 0.717) is 13.0 Å². The molecule has 0 radical (unpaired) electrons. The van der Waals surface area contributed by atoms with Gasteiger partial charge in [0.1, 0.15) is 5.60 Å². The lowest BCUT2D eigenvalue weighted by Crippen LogP contribution is -2.41. The maximum atomic E-state index is 12.0. The highest BCUT2D eigenvalue weighted by molar-refractivity contribution is 5.68. The molecular formula is C11H19F3N2O2. The molecule has 7 heteroatoms. The molecular weight excluding hydrogens is 249 g/mol. The molecule has 4 nitrogen and oxygen atoms in total. The highest BCUT2D eigenvalue weighted by Gasteiger charge is 2.33. The fourth-order valence-corrected chi connectivity index (χ4v) is 1.68. The van der Waals surface area contributed by atoms with E-state index < -0.39 is 24.4 Å². The van der Waals surface area contributed by atoms with Crippen molar-refractivity contribution in [1.82, 2.24) is 10.2 Å². The molecule has 1 aliphatic heterocycles. The fourth-order valence-electron chi connectivity index (χ4n) is 1.68. The van der Waals surface area contributed by atoms with Gasteiger partial charge in [0, 0.05) is 19.1 Å². The normalized spacial score (nSPS) is 21.2. The topological polar surface area (TPSA) is 41.6 Å². The monoisotopic (exact) mass is 268 g/mol. The minimum absolute atomic E-state index is 0.255. The Kier molecular flexibility index (Phi) is 4.47. The Bertz CT molecular complexity index is 300. The average molecular weight is 268 g/mol. The van der Waals surface area contributed by atoms with E-state index in [1.165, 1.54) is 4.90 Å². The second kappa shape index (κ2) is 5.34. The van der Waals surface area contributed by atoms with Crippen molar-refractivity contribution in [2.75, 3.05) is 19.6 Å². The van der Waals surface area contributed by atoms with E-state index in [0.717, 1.165) is 0 Å². The van der Waals surface area contributed by atoms with Crippen LogP contribution in [0.2, 0.25) is 0 Å². The summed E-state index contributed by atoms with van der Waals surface area (Å²) in [6, 6.07) is -0.320. The first-order valence-electron chi connectivity index (χ1n) is 5.85. The molecule has 0 saturated carbocycles. The molecule has 0 aromatic heterocycles. The number of amides is 1. The van der Waals surface area contributed by atoms with Crippen molar-refractivity contribution in [1.29, 1.82) is 0 Å². The Morgan fingerprint density at radius 3 is 2.50 bits per heavy atom. The third kappa shape index (κ3) is 5.57. The minimum Gasteiger partial charge on any atom is -0.444 e. The number of ether oxygens (including phenoxy) is 1. The molecule has 1 unspecified atom stereocenters. The van der Waals surface area contributed by atoms with Crippen molar-refractivity contribution >= 4 is 6.09 Å². The first kappa shape index (κ1) is 15.1. The van der Waals surface area contributed by atoms with E-state index in [1.54, 1.807) is 20.8 Å². The number of likely N-dealkylation sites (tertiary alicyclic amines) is 1. The maximum Gasteiger partial charge on any atom is 0.410 e. The Morgan fingerprint density at radius 1 is 1.39 bits per heavy atom. The second-order valence-electron chi connectivity index (χ2n) is 5.41. The minimum atomic E-state index is -4.22. The van der Waals surface area contributed by atoms with Crippen molar-refractivity contribution in [3.8, 4) is 0 Å². The second-order valence-corrected chi connectivity index (χ2v) is 5.41. The predicted octanol–water partition coefficient (Wildman–Crippen LogP) is 2.15. The number of nitrogens with zero attached hydrogens (tertiary/aromatic N) is 1. The largest absolute Gasteiger partial charge is 0.444 e. The van der Waals surface area contributed by atoms with Crippen LogP contribution in [0.4, 0.5) is 18.0 Å². The Balaban J connectivity index is 2.35. The predicted molar refractivity (Wildman–Crippen MR) is 60.3 cm³/mol. The molecule has 0 aromatic carbocycles. The van der Waals surface area contributed by atoms with E-state index in [1.807, 2.05) is 0 Å². The van der Waals surface area contributed by atoms with Crippen LogP contribution in [0.25, 0.3) is 0 Å². The van der Waals surface area contributed by atoms with E-state index >= 15 is 0 Å². The van der Waals surface area contributed by atoms with Gasteiger partial charge in [-0.05, 0) is 27.2 Å². The summed E-state index contributed by atoms with van der Waals surface area (Å²) >= 11 is 0. The molecule has 1 amide bonds. The Hall–Kier alpha value is -0.980. The molecule has 1 fully saturated rings. The van der Waals surface area contributed by atoms with Crippen molar-refractivity contribution in [3.63, 3.8) is 0 Å². The molecule has 0 spiro atoms. The van der Waals surface area contributed by atoms with Gasteiger partial charge >= 0.3 is 12.3 Å². The van der Waals surface area contributed by atoms with E-state index in [2.05, 4.69) is 5.32 Å². The van der Waals surface area contributed by atoms with Crippen LogP contribution in [0.1, 0.15) is 27.2 Å². The number of halogens is 3. The number of carbonyl (C=O) groups excluding carboxylic acids is 1. The first-order chi connectivity index (χ1) is 8.07. The first-order valence-corrected chi connectivity index (χ1v) is 5.85. The van der Waals surface area contributed by atoms with Gasteiger partial charge < -0.3 is 15.0 Å². The van der Waals surface area contributed by atoms with Crippen LogP contribution < -0.4 is 5.32 Å². The molecule has 1 rings (SSSR count). The summed E-state index contributed by atoms with van der Waals surface area (Å²) in [6.45, 7) is 4.90. The lowest BCUT2D eigenvalue weighted by Gasteiger charge is -2.24. The van der Waals surface area contributed by atoms with E-state index in [4.69, 9.17) is 4.74 Å². The summed E-state index contributed by atoms with van der Waals surface area (Å²) < 4.78 is 41.2. The molecule has 1 N–H and O–H groups in total. The molecule has 18 heavy (non-hydrogen) atoms. The van der Waals surface area contributed by atoms with Crippen LogP contribution in [0.3, 0.4) is 0 Å². The zero-order chi connectivity index (χ0) is 14.0. The van der Waals surface area contributed by atoms with Gasteiger partial charge in [0.05, 0.1) is 6.54 Å². The van der Waals surface area contributed by atoms with Crippen LogP contribution in [-0.2, 0) is 4.74 Å². The van der Waals surface area contributed by atoms with E-state index in [-0.39, 0.29) is 12.6 Å². The smallest absolute Gasteiger partial charge is 0.410 e. The summed E-state index contributed by atoms with van der Waals surface area (Å²) in [5.41, 5.74) is -0.589. The van der Waals surface area contributed by atoms with Crippen LogP contribution >= 0.6 is 0 Å². The van der Waals surface area contributed by atoms with Crippen LogP contribution in [0.5, 0.6) is 0 Å². The van der Waals surface area contributed by atoms with Crippen LogP contribution in [0, 0.1) is 0 Å². The number of carbonyl (C=O) groups is 1. The van der Waals surface area contributed by atoms with Gasteiger partial charge in [-0.3, -0.25) is 0 Å². The zero-order valence-electron chi connectivity index (χ0n) is 10.8. The van der Waals surface area contributed by atoms with Gasteiger partial charge in [0.2, 0.25) is 0 Å². The molecule has 1 atom stereocenters. The number of nitrogens with one attached hydrogen (secondary N) is 1. The van der Waals surface area contributed by atoms with Crippen LogP contribution in [0.15, 0.2) is 0 Å². The summed E-state index contributed by atoms with van der Waals surface area (Å²) in [5, 5.41) is 2.39. The molecule has 1 heterocycles. The maximum absolute atomic E-state index is 12.0. The Labute approximate surface area is 104 Å².